The monoisotopic (exact) mass is 346 g/mol. The number of nitrogens with one attached hydrogen (secondary N) is 1. The van der Waals surface area contributed by atoms with Gasteiger partial charge in [0, 0.05) is 30.0 Å². The van der Waals surface area contributed by atoms with Gasteiger partial charge in [0.1, 0.15) is 6.17 Å². The second-order valence-corrected chi connectivity index (χ2v) is 6.92. The molecule has 134 valence electrons. The van der Waals surface area contributed by atoms with E-state index in [9.17, 15) is 0 Å². The maximum atomic E-state index is 4.77. The van der Waals surface area contributed by atoms with Crippen LogP contribution in [-0.2, 0) is 0 Å². The van der Waals surface area contributed by atoms with E-state index in [-0.39, 0.29) is 6.17 Å². The van der Waals surface area contributed by atoms with E-state index in [1.807, 2.05) is 0 Å². The molecule has 2 heterocycles. The highest BCUT2D eigenvalue weighted by Crippen LogP contribution is 2.40. The molecule has 0 saturated carbocycles. The zero-order valence-electron chi connectivity index (χ0n) is 16.0. The number of hydrogen-bond acceptors (Lipinski definition) is 3. The smallest absolute Gasteiger partial charge is 0.147 e. The molecule has 4 nitrogen and oxygen atoms in total. The first-order valence-corrected chi connectivity index (χ1v) is 9.40. The van der Waals surface area contributed by atoms with E-state index in [0.29, 0.717) is 0 Å². The first-order chi connectivity index (χ1) is 12.6. The summed E-state index contributed by atoms with van der Waals surface area (Å²) in [5.74, 6) is 0. The summed E-state index contributed by atoms with van der Waals surface area (Å²) in [7, 11) is 0. The van der Waals surface area contributed by atoms with Crippen LogP contribution in [0.2, 0.25) is 0 Å². The molecule has 0 amide bonds. The standard InChI is InChI=1S/C22H26N4/c1-5-25(6-2)18-12-10-17(11-13-18)22-23-21-15(3)8-7-9-19(21)20-14-16(4)24-26(20)22/h7-14,22-23H,5-6H2,1-4H3/t22-/m1/s1. The van der Waals surface area contributed by atoms with E-state index >= 15 is 0 Å². The van der Waals surface area contributed by atoms with Gasteiger partial charge in [-0.25, -0.2) is 4.68 Å². The molecular weight excluding hydrogens is 320 g/mol. The third kappa shape index (κ3) is 2.66. The molecule has 1 aliphatic rings. The molecule has 0 radical (unpaired) electrons. The Labute approximate surface area is 155 Å². The van der Waals surface area contributed by atoms with Gasteiger partial charge in [-0.2, -0.15) is 5.10 Å². The van der Waals surface area contributed by atoms with Crippen LogP contribution >= 0.6 is 0 Å². The van der Waals surface area contributed by atoms with Crippen LogP contribution in [0.5, 0.6) is 0 Å². The van der Waals surface area contributed by atoms with Gasteiger partial charge >= 0.3 is 0 Å². The summed E-state index contributed by atoms with van der Waals surface area (Å²) < 4.78 is 2.11. The first-order valence-electron chi connectivity index (χ1n) is 9.40. The molecule has 0 unspecified atom stereocenters. The van der Waals surface area contributed by atoms with Crippen molar-refractivity contribution in [2.45, 2.75) is 33.9 Å². The molecule has 2 aromatic carbocycles. The molecule has 4 rings (SSSR count). The summed E-state index contributed by atoms with van der Waals surface area (Å²) in [5.41, 5.74) is 8.40. The molecule has 0 aliphatic carbocycles. The van der Waals surface area contributed by atoms with Crippen molar-refractivity contribution in [1.29, 1.82) is 0 Å². The Morgan fingerprint density at radius 3 is 2.46 bits per heavy atom. The molecule has 0 fully saturated rings. The SMILES string of the molecule is CCN(CC)c1ccc([C@@H]2Nc3c(C)cccc3-c3cc(C)nn32)cc1. The van der Waals surface area contributed by atoms with E-state index in [1.54, 1.807) is 0 Å². The molecule has 1 aliphatic heterocycles. The van der Waals surface area contributed by atoms with Gasteiger partial charge in [0.05, 0.1) is 11.4 Å². The lowest BCUT2D eigenvalue weighted by Gasteiger charge is -2.31. The van der Waals surface area contributed by atoms with Crippen molar-refractivity contribution in [2.75, 3.05) is 23.3 Å². The number of nitrogens with zero attached hydrogens (tertiary/aromatic N) is 3. The number of rotatable bonds is 4. The highest BCUT2D eigenvalue weighted by atomic mass is 15.4. The summed E-state index contributed by atoms with van der Waals surface area (Å²) >= 11 is 0. The van der Waals surface area contributed by atoms with Gasteiger partial charge in [0.15, 0.2) is 0 Å². The van der Waals surface area contributed by atoms with Crippen LogP contribution in [0.4, 0.5) is 11.4 Å². The number of hydrogen-bond donors (Lipinski definition) is 1. The Bertz CT molecular complexity index is 920. The highest BCUT2D eigenvalue weighted by Gasteiger charge is 2.27. The third-order valence-electron chi connectivity index (χ3n) is 5.27. The maximum absolute atomic E-state index is 4.77. The van der Waals surface area contributed by atoms with Crippen molar-refractivity contribution >= 4 is 11.4 Å². The van der Waals surface area contributed by atoms with Crippen LogP contribution in [0.3, 0.4) is 0 Å². The van der Waals surface area contributed by atoms with E-state index < -0.39 is 0 Å². The van der Waals surface area contributed by atoms with Gasteiger partial charge in [-0.05, 0) is 57.0 Å². The lowest BCUT2D eigenvalue weighted by atomic mass is 10.0. The van der Waals surface area contributed by atoms with E-state index in [1.165, 1.54) is 33.8 Å². The van der Waals surface area contributed by atoms with E-state index in [2.05, 4.69) is 91.1 Å². The Balaban J connectivity index is 1.77. The van der Waals surface area contributed by atoms with Crippen LogP contribution in [0.15, 0.2) is 48.5 Å². The van der Waals surface area contributed by atoms with E-state index in [4.69, 9.17) is 5.10 Å². The van der Waals surface area contributed by atoms with Crippen molar-refractivity contribution in [3.8, 4) is 11.3 Å². The predicted octanol–water partition coefficient (Wildman–Crippen LogP) is 4.99. The summed E-state index contributed by atoms with van der Waals surface area (Å²) in [6.45, 7) is 10.6. The van der Waals surface area contributed by atoms with Gasteiger partial charge in [-0.1, -0.05) is 30.3 Å². The zero-order chi connectivity index (χ0) is 18.3. The zero-order valence-corrected chi connectivity index (χ0v) is 16.0. The number of aromatic nitrogens is 2. The molecule has 3 aromatic rings. The largest absolute Gasteiger partial charge is 0.372 e. The minimum atomic E-state index is 0.0121. The highest BCUT2D eigenvalue weighted by molar-refractivity contribution is 5.81. The van der Waals surface area contributed by atoms with Crippen LogP contribution in [0.1, 0.15) is 36.8 Å². The lowest BCUT2D eigenvalue weighted by Crippen LogP contribution is -2.26. The van der Waals surface area contributed by atoms with Crippen LogP contribution < -0.4 is 10.2 Å². The molecule has 0 spiro atoms. The van der Waals surface area contributed by atoms with Gasteiger partial charge < -0.3 is 10.2 Å². The number of aryl methyl sites for hydroxylation is 2. The van der Waals surface area contributed by atoms with Crippen molar-refractivity contribution in [3.63, 3.8) is 0 Å². The normalized spacial score (nSPS) is 15.2. The second kappa shape index (κ2) is 6.52. The van der Waals surface area contributed by atoms with Crippen LogP contribution in [-0.4, -0.2) is 22.9 Å². The number of benzene rings is 2. The average molecular weight is 346 g/mol. The maximum Gasteiger partial charge on any atom is 0.147 e. The molecule has 1 aromatic heterocycles. The van der Waals surface area contributed by atoms with Crippen LogP contribution in [0.25, 0.3) is 11.3 Å². The molecule has 4 heteroatoms. The Kier molecular flexibility index (Phi) is 4.19. The molecule has 1 atom stereocenters. The fraction of sp³-hybridized carbons (Fsp3) is 0.318. The summed E-state index contributed by atoms with van der Waals surface area (Å²) in [5, 5.41) is 8.49. The van der Waals surface area contributed by atoms with Crippen molar-refractivity contribution in [1.82, 2.24) is 9.78 Å². The molecule has 0 saturated heterocycles. The van der Waals surface area contributed by atoms with E-state index in [0.717, 1.165) is 18.8 Å². The lowest BCUT2D eigenvalue weighted by molar-refractivity contribution is 0.570. The Morgan fingerprint density at radius 1 is 1.04 bits per heavy atom. The van der Waals surface area contributed by atoms with Gasteiger partial charge in [0.2, 0.25) is 0 Å². The fourth-order valence-electron chi connectivity index (χ4n) is 3.87. The minimum absolute atomic E-state index is 0.0121. The van der Waals surface area contributed by atoms with Crippen LogP contribution in [0, 0.1) is 13.8 Å². The topological polar surface area (TPSA) is 33.1 Å². The molecule has 26 heavy (non-hydrogen) atoms. The fourth-order valence-corrected chi connectivity index (χ4v) is 3.87. The number of anilines is 2. The third-order valence-corrected chi connectivity index (χ3v) is 5.27. The predicted molar refractivity (Wildman–Crippen MR) is 109 cm³/mol. The summed E-state index contributed by atoms with van der Waals surface area (Å²) in [4.78, 5) is 2.36. The van der Waals surface area contributed by atoms with Gasteiger partial charge in [-0.3, -0.25) is 0 Å². The minimum Gasteiger partial charge on any atom is -0.372 e. The van der Waals surface area contributed by atoms with Crippen molar-refractivity contribution in [3.05, 3.63) is 65.4 Å². The second-order valence-electron chi connectivity index (χ2n) is 6.92. The average Bonchev–Trinajstić information content (AvgIpc) is 3.05. The summed E-state index contributed by atoms with van der Waals surface area (Å²) in [6, 6.07) is 17.5. The number of para-hydroxylation sites is 1. The van der Waals surface area contributed by atoms with Crippen molar-refractivity contribution in [2.24, 2.45) is 0 Å². The molecule has 1 N–H and O–H groups in total. The Hall–Kier alpha value is -2.75. The summed E-state index contributed by atoms with van der Waals surface area (Å²) in [6.07, 6.45) is 0.0121. The van der Waals surface area contributed by atoms with Gasteiger partial charge in [0.25, 0.3) is 0 Å². The van der Waals surface area contributed by atoms with Crippen molar-refractivity contribution < 1.29 is 0 Å². The van der Waals surface area contributed by atoms with Gasteiger partial charge in [-0.15, -0.1) is 0 Å². The first kappa shape index (κ1) is 16.7. The Morgan fingerprint density at radius 2 is 1.77 bits per heavy atom. The molecule has 0 bridgehead atoms. The quantitative estimate of drug-likeness (QED) is 0.723. The number of fused-ring (bicyclic) bond motifs is 3. The molecular formula is C22H26N4.